The number of carbonyl (C=O) groups excluding carboxylic acids is 2. The topological polar surface area (TPSA) is 455 Å². The van der Waals surface area contributed by atoms with E-state index in [1.165, 1.54) is 71.9 Å². The summed E-state index contributed by atoms with van der Waals surface area (Å²) in [6.07, 6.45) is -0.478. The van der Waals surface area contributed by atoms with Gasteiger partial charge in [0.1, 0.15) is 36.6 Å². The first-order valence-electron chi connectivity index (χ1n) is 31.3. The summed E-state index contributed by atoms with van der Waals surface area (Å²) in [5.41, 5.74) is 0.194. The van der Waals surface area contributed by atoms with E-state index >= 15 is 0 Å². The van der Waals surface area contributed by atoms with Crippen LogP contribution in [0, 0.1) is 30.3 Å². The third kappa shape index (κ3) is 24.8. The van der Waals surface area contributed by atoms with Crippen molar-refractivity contribution < 1.29 is 126 Å². The number of nitrogens with zero attached hydrogens (tertiary/aromatic N) is 3. The fraction of sp³-hybridized carbons (Fsp3) is 0.667. The molecule has 0 aromatic heterocycles. The van der Waals surface area contributed by atoms with E-state index in [1.54, 1.807) is 13.8 Å². The van der Waals surface area contributed by atoms with Crippen LogP contribution in [0.4, 0.5) is 17.1 Å². The van der Waals surface area contributed by atoms with Crippen molar-refractivity contribution in [3.63, 3.8) is 0 Å². The second-order valence-electron chi connectivity index (χ2n) is 22.5. The van der Waals surface area contributed by atoms with E-state index in [2.05, 4.69) is 10.6 Å². The maximum absolute atomic E-state index is 12.5. The molecule has 0 radical (unpaired) electrons. The molecule has 34 heteroatoms. The molecule has 0 aliphatic carbocycles. The zero-order chi connectivity index (χ0) is 70.4. The highest BCUT2D eigenvalue weighted by atomic mass is 16.7. The van der Waals surface area contributed by atoms with Gasteiger partial charge in [0.15, 0.2) is 47.1 Å². The Morgan fingerprint density at radius 3 is 1.19 bits per heavy atom. The number of nitro benzene ring substituents is 3. The van der Waals surface area contributed by atoms with Crippen LogP contribution in [0.3, 0.4) is 0 Å². The Kier molecular flexibility index (Phi) is 35.8. The maximum Gasteiger partial charge on any atom is 0.303 e. The summed E-state index contributed by atoms with van der Waals surface area (Å²) < 4.78 is 76.6. The molecule has 4 saturated heterocycles. The first kappa shape index (κ1) is 82.0. The van der Waals surface area contributed by atoms with Gasteiger partial charge in [-0.2, -0.15) is 0 Å². The highest BCUT2D eigenvalue weighted by molar-refractivity contribution is 5.77. The molecular weight excluding hydrogens is 1290 g/mol. The van der Waals surface area contributed by atoms with Gasteiger partial charge in [-0.15, -0.1) is 0 Å². The molecule has 0 spiro atoms. The quantitative estimate of drug-likeness (QED) is 0.0225. The summed E-state index contributed by atoms with van der Waals surface area (Å²) in [6.45, 7) is 3.75. The number of hydrogen-bond donors (Lipinski definition) is 8. The third-order valence-electron chi connectivity index (χ3n) is 15.9. The van der Waals surface area contributed by atoms with Crippen LogP contribution in [0.5, 0.6) is 34.5 Å². The Morgan fingerprint density at radius 1 is 0.536 bits per heavy atom. The van der Waals surface area contributed by atoms with Crippen LogP contribution in [0.25, 0.3) is 0 Å². The Hall–Kier alpha value is -7.45. The molecule has 4 heterocycles. The lowest BCUT2D eigenvalue weighted by molar-refractivity contribution is -0.386. The molecule has 12 unspecified atom stereocenters. The van der Waals surface area contributed by atoms with Crippen molar-refractivity contribution in [2.75, 3.05) is 81.8 Å². The van der Waals surface area contributed by atoms with Crippen LogP contribution in [-0.4, -0.2) is 218 Å². The summed E-state index contributed by atoms with van der Waals surface area (Å²) in [4.78, 5) is 68.0. The van der Waals surface area contributed by atoms with Gasteiger partial charge < -0.3 is 108 Å². The van der Waals surface area contributed by atoms with E-state index in [1.807, 2.05) is 0 Å². The number of nitrogens with one attached hydrogen (secondary N) is 2. The fourth-order valence-electron chi connectivity index (χ4n) is 10.8. The van der Waals surface area contributed by atoms with E-state index in [0.29, 0.717) is 42.3 Å². The number of ether oxygens (including phenoxy) is 14. The van der Waals surface area contributed by atoms with E-state index in [0.717, 1.165) is 38.5 Å². The van der Waals surface area contributed by atoms with Crippen molar-refractivity contribution in [1.29, 1.82) is 0 Å². The Morgan fingerprint density at radius 2 is 0.887 bits per heavy atom. The minimum atomic E-state index is -1.06. The van der Waals surface area contributed by atoms with Crippen molar-refractivity contribution in [3.8, 4) is 34.5 Å². The van der Waals surface area contributed by atoms with Gasteiger partial charge in [-0.3, -0.25) is 44.7 Å². The molecule has 4 aliphatic heterocycles. The first-order chi connectivity index (χ1) is 46.1. The average Bonchev–Trinajstić information content (AvgIpc) is 0.859. The summed E-state index contributed by atoms with van der Waals surface area (Å²) in [7, 11) is 7.02. The molecule has 0 saturated carbocycles. The van der Waals surface area contributed by atoms with Crippen molar-refractivity contribution in [1.82, 2.24) is 10.6 Å². The number of aliphatic hydroxyl groups excluding tert-OH is 5. The molecule has 546 valence electrons. The van der Waals surface area contributed by atoms with E-state index < -0.39 is 94.6 Å². The zero-order valence-corrected chi connectivity index (χ0v) is 54.9. The van der Waals surface area contributed by atoms with Crippen LogP contribution in [-0.2, 0) is 72.1 Å². The molecule has 4 aliphatic rings. The van der Waals surface area contributed by atoms with Gasteiger partial charge in [0.25, 0.3) is 17.1 Å². The predicted molar refractivity (Wildman–Crippen MR) is 340 cm³/mol. The summed E-state index contributed by atoms with van der Waals surface area (Å²) >= 11 is 0. The van der Waals surface area contributed by atoms with Crippen molar-refractivity contribution >= 4 is 34.8 Å². The highest BCUT2D eigenvalue weighted by Gasteiger charge is 2.45. The number of hydrogen-bond acceptors (Lipinski definition) is 28. The minimum Gasteiger partial charge on any atom is -0.493 e. The molecule has 7 rings (SSSR count). The molecule has 4 fully saturated rings. The van der Waals surface area contributed by atoms with E-state index in [4.69, 9.17) is 71.4 Å². The van der Waals surface area contributed by atoms with Crippen LogP contribution >= 0.6 is 0 Å². The molecular formula is C63H95N5O29. The van der Waals surface area contributed by atoms with Crippen molar-refractivity contribution in [2.24, 2.45) is 0 Å². The SMILES string of the molecule is C.COc1cc(CO)c([N+](=O)[O-])cc1OCCCC(=O)NC1C(C)OC(CO)C(OC)C1O.COc1cc(COC2CCCCO2)c([N+](=O)[O-])cc1OCCCC(=O)NC1C(C)OC(CO)C(OC)C1O.COc1cc(COC2CCCCO2)c([N+](=O)[O-])cc1OCCCC(=O)O. The summed E-state index contributed by atoms with van der Waals surface area (Å²) in [5.74, 6) is -0.243. The largest absolute Gasteiger partial charge is 0.493 e. The second-order valence-corrected chi connectivity index (χ2v) is 22.5. The number of amides is 2. The minimum absolute atomic E-state index is 0. The molecule has 0 bridgehead atoms. The first-order valence-corrected chi connectivity index (χ1v) is 31.3. The number of aliphatic carboxylic acids is 1. The normalized spacial score (nSPS) is 23.6. The molecule has 12 atom stereocenters. The van der Waals surface area contributed by atoms with Gasteiger partial charge in [0.2, 0.25) is 11.8 Å². The summed E-state index contributed by atoms with van der Waals surface area (Å²) in [6, 6.07) is 6.66. The van der Waals surface area contributed by atoms with Crippen LogP contribution in [0.1, 0.15) is 115 Å². The molecule has 8 N–H and O–H groups in total. The lowest BCUT2D eigenvalue weighted by Gasteiger charge is -2.42. The number of carboxylic acids is 1. The van der Waals surface area contributed by atoms with Gasteiger partial charge >= 0.3 is 5.97 Å². The lowest BCUT2D eigenvalue weighted by atomic mass is 9.93. The smallest absolute Gasteiger partial charge is 0.303 e. The van der Waals surface area contributed by atoms with E-state index in [9.17, 15) is 70.3 Å². The number of benzene rings is 3. The van der Waals surface area contributed by atoms with Crippen LogP contribution < -0.4 is 39.1 Å². The number of carboxylic acid groups (broad SMARTS) is 1. The Bertz CT molecular complexity index is 2950. The monoisotopic (exact) mass is 1390 g/mol. The number of methoxy groups -OCH3 is 5. The molecule has 3 aromatic rings. The second kappa shape index (κ2) is 42.4. The maximum atomic E-state index is 12.5. The third-order valence-corrected chi connectivity index (χ3v) is 15.9. The molecule has 97 heavy (non-hydrogen) atoms. The van der Waals surface area contributed by atoms with Gasteiger partial charge in [-0.1, -0.05) is 7.43 Å². The predicted octanol–water partition coefficient (Wildman–Crippen LogP) is 4.87. The van der Waals surface area contributed by atoms with Crippen LogP contribution in [0.2, 0.25) is 0 Å². The number of rotatable bonds is 34. The fourth-order valence-corrected chi connectivity index (χ4v) is 10.8. The Balaban J connectivity index is 0.000000313. The number of carbonyl (C=O) groups is 3. The van der Waals surface area contributed by atoms with Crippen molar-refractivity contribution in [3.05, 3.63) is 83.4 Å². The molecule has 34 nitrogen and oxygen atoms in total. The van der Waals surface area contributed by atoms with Gasteiger partial charge in [-0.25, -0.2) is 0 Å². The van der Waals surface area contributed by atoms with Crippen molar-refractivity contribution in [2.45, 2.75) is 192 Å². The van der Waals surface area contributed by atoms with Gasteiger partial charge in [0, 0.05) is 46.7 Å². The molecule has 3 aromatic carbocycles. The number of aliphatic hydroxyl groups is 5. The highest BCUT2D eigenvalue weighted by Crippen LogP contribution is 2.39. The number of nitro groups is 3. The van der Waals surface area contributed by atoms with Crippen LogP contribution in [0.15, 0.2) is 36.4 Å². The lowest BCUT2D eigenvalue weighted by Crippen LogP contribution is -2.63. The summed E-state index contributed by atoms with van der Waals surface area (Å²) in [5, 5.41) is 97.5. The standard InChI is InChI=1S/C25H38N2O11.C20H30N2O10.C17H23NO8.CH4/c1-15-23(24(30)25(34-3)20(13-28)38-15)26-21(29)7-6-10-35-19-12-17(27(31)32)16(11-18(19)33-2)14-37-22-8-4-5-9-36-22;1-11-18(19(26)20(30-3)16(10-24)32-11)21-17(25)5-4-6-31-15-8-13(22(27)28)12(9-23)7-14(15)29-2;1-23-14-9-12(11-26-17-6-2-3-7-25-17)13(18(21)22)10-15(14)24-8-4-5-16(19)20;/h11-12,15,20,22-25,28,30H,4-10,13-14H2,1-3H3,(H,26,29);7-8,11,16,18-20,23-24,26H,4-6,9-10H2,1-3H3,(H,21,25);9-10,17H,2-8,11H2,1H3,(H,19,20);1H4. The Labute approximate surface area is 561 Å². The zero-order valence-electron chi connectivity index (χ0n) is 54.9. The average molecular weight is 1390 g/mol. The van der Waals surface area contributed by atoms with Gasteiger partial charge in [-0.05, 0) is 89.8 Å². The van der Waals surface area contributed by atoms with Gasteiger partial charge in [0.05, 0.1) is 148 Å². The molecule has 2 amide bonds. The van der Waals surface area contributed by atoms with E-state index in [-0.39, 0.29) is 150 Å².